The number of aryl methyl sites for hydroxylation is 2. The van der Waals surface area contributed by atoms with Crippen molar-refractivity contribution in [1.82, 2.24) is 4.90 Å². The molecule has 0 radical (unpaired) electrons. The smallest absolute Gasteiger partial charge is 0.377 e. The fourth-order valence-corrected chi connectivity index (χ4v) is 3.31. The number of para-hydroxylation sites is 1. The van der Waals surface area contributed by atoms with Gasteiger partial charge in [-0.05, 0) is 63.2 Å². The summed E-state index contributed by atoms with van der Waals surface area (Å²) >= 11 is 0. The van der Waals surface area contributed by atoms with Crippen molar-refractivity contribution in [3.05, 3.63) is 59.7 Å². The number of hydrogen-bond donors (Lipinski definition) is 1. The highest BCUT2D eigenvalue weighted by molar-refractivity contribution is 5.83. The topological polar surface area (TPSA) is 85.3 Å². The molecule has 34 heavy (non-hydrogen) atoms. The van der Waals surface area contributed by atoms with E-state index in [0.717, 1.165) is 23.3 Å². The fraction of sp³-hybridized carbons (Fsp3) is 0.440. The summed E-state index contributed by atoms with van der Waals surface area (Å²) < 4.78 is 43.6. The monoisotopic (exact) mass is 479 g/mol. The van der Waals surface area contributed by atoms with E-state index in [2.05, 4.69) is 0 Å². The fourth-order valence-electron chi connectivity index (χ4n) is 3.31. The number of rotatable bonds is 13. The minimum absolute atomic E-state index is 0.103. The number of methoxy groups -OCH3 is 1. The predicted octanol–water partition coefficient (Wildman–Crippen LogP) is 4.18. The van der Waals surface area contributed by atoms with Crippen molar-refractivity contribution in [2.75, 3.05) is 21.2 Å². The van der Waals surface area contributed by atoms with Crippen molar-refractivity contribution in [2.24, 2.45) is 0 Å². The van der Waals surface area contributed by atoms with E-state index in [-0.39, 0.29) is 6.42 Å². The Labute approximate surface area is 198 Å². The van der Waals surface area contributed by atoms with Gasteiger partial charge in [0, 0.05) is 6.42 Å². The summed E-state index contributed by atoms with van der Waals surface area (Å²) in [6.07, 6.45) is -1.55. The molecule has 0 saturated heterocycles. The second kappa shape index (κ2) is 12.3. The summed E-state index contributed by atoms with van der Waals surface area (Å²) in [5, 5.41) is 8.56. The van der Waals surface area contributed by atoms with Gasteiger partial charge in [-0.1, -0.05) is 30.3 Å². The number of carboxylic acid groups (broad SMARTS) is 1. The SMILES string of the molecule is COc1cccc(CCc2ccccc2O[C@@H](C[C@@H](C)OC(=O)C(F)(F)CC(=O)O)N(C)C)c1. The average Bonchev–Trinajstić information content (AvgIpc) is 2.77. The lowest BCUT2D eigenvalue weighted by atomic mass is 10.0. The lowest BCUT2D eigenvalue weighted by Crippen LogP contribution is -2.40. The molecule has 0 aliphatic carbocycles. The number of halogens is 2. The van der Waals surface area contributed by atoms with Crippen LogP contribution in [0.25, 0.3) is 0 Å². The minimum Gasteiger partial charge on any atom is -0.497 e. The van der Waals surface area contributed by atoms with Crippen LogP contribution in [0.15, 0.2) is 48.5 Å². The van der Waals surface area contributed by atoms with E-state index in [4.69, 9.17) is 19.3 Å². The zero-order valence-electron chi connectivity index (χ0n) is 19.8. The molecule has 0 heterocycles. The third-order valence-corrected chi connectivity index (χ3v) is 5.14. The molecule has 7 nitrogen and oxygen atoms in total. The van der Waals surface area contributed by atoms with E-state index in [1.807, 2.05) is 48.5 Å². The first-order chi connectivity index (χ1) is 16.0. The quantitative estimate of drug-likeness (QED) is 0.341. The molecule has 0 unspecified atom stereocenters. The Hall–Kier alpha value is -3.20. The third kappa shape index (κ3) is 8.30. The number of carboxylic acids is 1. The number of ether oxygens (including phenoxy) is 3. The summed E-state index contributed by atoms with van der Waals surface area (Å²) in [5.74, 6) is -6.32. The molecule has 2 aromatic rings. The molecule has 0 bridgehead atoms. The Kier molecular flexibility index (Phi) is 9.80. The van der Waals surface area contributed by atoms with Gasteiger partial charge < -0.3 is 19.3 Å². The van der Waals surface area contributed by atoms with E-state index >= 15 is 0 Å². The van der Waals surface area contributed by atoms with Crippen LogP contribution in [0.5, 0.6) is 11.5 Å². The number of hydrogen-bond acceptors (Lipinski definition) is 6. The molecule has 0 amide bonds. The molecule has 0 aromatic heterocycles. The first-order valence-corrected chi connectivity index (χ1v) is 10.9. The van der Waals surface area contributed by atoms with Crippen molar-refractivity contribution < 1.29 is 37.7 Å². The first-order valence-electron chi connectivity index (χ1n) is 10.9. The van der Waals surface area contributed by atoms with Crippen LogP contribution < -0.4 is 9.47 Å². The first kappa shape index (κ1) is 27.0. The van der Waals surface area contributed by atoms with E-state index in [1.54, 1.807) is 26.1 Å². The zero-order valence-corrected chi connectivity index (χ0v) is 19.8. The van der Waals surface area contributed by atoms with Crippen LogP contribution in [0.3, 0.4) is 0 Å². The van der Waals surface area contributed by atoms with E-state index < -0.39 is 36.6 Å². The van der Waals surface area contributed by atoms with Gasteiger partial charge in [-0.15, -0.1) is 0 Å². The van der Waals surface area contributed by atoms with Gasteiger partial charge in [-0.3, -0.25) is 9.69 Å². The molecule has 0 aliphatic heterocycles. The lowest BCUT2D eigenvalue weighted by Gasteiger charge is -2.29. The number of carbonyl (C=O) groups excluding carboxylic acids is 1. The highest BCUT2D eigenvalue weighted by Crippen LogP contribution is 2.25. The predicted molar refractivity (Wildman–Crippen MR) is 122 cm³/mol. The highest BCUT2D eigenvalue weighted by Gasteiger charge is 2.44. The Morgan fingerprint density at radius 3 is 2.44 bits per heavy atom. The van der Waals surface area contributed by atoms with Gasteiger partial charge >= 0.3 is 17.9 Å². The summed E-state index contributed by atoms with van der Waals surface area (Å²) in [4.78, 5) is 24.1. The minimum atomic E-state index is -4.10. The van der Waals surface area contributed by atoms with E-state index in [1.165, 1.54) is 6.92 Å². The number of carbonyl (C=O) groups is 2. The average molecular weight is 480 g/mol. The largest absolute Gasteiger partial charge is 0.497 e. The van der Waals surface area contributed by atoms with Gasteiger partial charge in [0.05, 0.1) is 7.11 Å². The van der Waals surface area contributed by atoms with Crippen LogP contribution in [-0.2, 0) is 27.2 Å². The van der Waals surface area contributed by atoms with Crippen LogP contribution in [0, 0.1) is 0 Å². The molecule has 0 fully saturated rings. The molecule has 0 aliphatic rings. The zero-order chi connectivity index (χ0) is 25.3. The number of benzene rings is 2. The molecule has 2 atom stereocenters. The third-order valence-electron chi connectivity index (χ3n) is 5.14. The standard InChI is InChI=1S/C25H31F2NO6/c1-17(33-24(31)25(26,27)16-23(29)30)14-22(28(2)3)34-21-11-6-5-9-19(21)13-12-18-8-7-10-20(15-18)32-4/h5-11,15,17,22H,12-14,16H2,1-4H3,(H,29,30)/t17-,22+/m1/s1. The Bertz CT molecular complexity index is 966. The summed E-state index contributed by atoms with van der Waals surface area (Å²) in [6.45, 7) is 1.46. The second-order valence-electron chi connectivity index (χ2n) is 8.22. The molecule has 2 rings (SSSR count). The van der Waals surface area contributed by atoms with E-state index in [0.29, 0.717) is 12.2 Å². The normalized spacial score (nSPS) is 13.3. The molecular formula is C25H31F2NO6. The maximum absolute atomic E-state index is 13.7. The van der Waals surface area contributed by atoms with Gasteiger partial charge in [-0.2, -0.15) is 8.78 Å². The van der Waals surface area contributed by atoms with Crippen LogP contribution in [-0.4, -0.2) is 61.4 Å². The number of aliphatic carboxylic acids is 1. The molecular weight excluding hydrogens is 448 g/mol. The van der Waals surface area contributed by atoms with Crippen LogP contribution in [0.1, 0.15) is 30.9 Å². The number of nitrogens with zero attached hydrogens (tertiary/aromatic N) is 1. The van der Waals surface area contributed by atoms with Crippen molar-refractivity contribution in [1.29, 1.82) is 0 Å². The van der Waals surface area contributed by atoms with Gasteiger partial charge in [0.25, 0.3) is 0 Å². The van der Waals surface area contributed by atoms with Gasteiger partial charge in [0.15, 0.2) is 6.23 Å². The molecule has 0 saturated carbocycles. The van der Waals surface area contributed by atoms with Crippen LogP contribution in [0.2, 0.25) is 0 Å². The van der Waals surface area contributed by atoms with Crippen molar-refractivity contribution in [3.63, 3.8) is 0 Å². The Balaban J connectivity index is 2.05. The highest BCUT2D eigenvalue weighted by atomic mass is 19.3. The van der Waals surface area contributed by atoms with Crippen LogP contribution >= 0.6 is 0 Å². The Morgan fingerprint density at radius 2 is 1.79 bits per heavy atom. The summed E-state index contributed by atoms with van der Waals surface area (Å²) in [7, 11) is 5.14. The number of alkyl halides is 2. The second-order valence-corrected chi connectivity index (χ2v) is 8.22. The van der Waals surface area contributed by atoms with Gasteiger partial charge in [-0.25, -0.2) is 4.79 Å². The van der Waals surface area contributed by atoms with Crippen molar-refractivity contribution in [2.45, 2.75) is 50.9 Å². The maximum atomic E-state index is 13.7. The van der Waals surface area contributed by atoms with Crippen molar-refractivity contribution in [3.8, 4) is 11.5 Å². The summed E-state index contributed by atoms with van der Waals surface area (Å²) in [5.41, 5.74) is 2.08. The molecule has 0 spiro atoms. The summed E-state index contributed by atoms with van der Waals surface area (Å²) in [6, 6.07) is 15.3. The van der Waals surface area contributed by atoms with Gasteiger partial charge in [0.1, 0.15) is 24.0 Å². The van der Waals surface area contributed by atoms with E-state index in [9.17, 15) is 18.4 Å². The van der Waals surface area contributed by atoms with Gasteiger partial charge in [0.2, 0.25) is 0 Å². The molecule has 2 aromatic carbocycles. The molecule has 1 N–H and O–H groups in total. The Morgan fingerprint density at radius 1 is 1.09 bits per heavy atom. The van der Waals surface area contributed by atoms with Crippen molar-refractivity contribution >= 4 is 11.9 Å². The molecule has 186 valence electrons. The van der Waals surface area contributed by atoms with Crippen LogP contribution in [0.4, 0.5) is 8.78 Å². The maximum Gasteiger partial charge on any atom is 0.377 e. The number of esters is 1. The lowest BCUT2D eigenvalue weighted by molar-refractivity contribution is -0.183. The molecule has 9 heteroatoms.